The van der Waals surface area contributed by atoms with Gasteiger partial charge in [-0.05, 0) is 81.5 Å². The lowest BCUT2D eigenvalue weighted by Gasteiger charge is -2.38. The number of carbonyl (C=O) groups is 4. The molecule has 0 spiro atoms. The Morgan fingerprint density at radius 3 is 1.82 bits per heavy atom. The maximum atomic E-state index is 13.8. The molecule has 4 amide bonds. The fraction of sp³-hybridized carbons (Fsp3) is 0.385. The quantitative estimate of drug-likeness (QED) is 0.177. The van der Waals surface area contributed by atoms with E-state index in [1.165, 1.54) is 9.80 Å². The van der Waals surface area contributed by atoms with Crippen LogP contribution in [0.5, 0.6) is 0 Å². The number of rotatable bonds is 12. The fourth-order valence-corrected chi connectivity index (χ4v) is 7.48. The summed E-state index contributed by atoms with van der Waals surface area (Å²) < 4.78 is 0. The first-order chi connectivity index (χ1) is 23.7. The molecule has 1 saturated heterocycles. The van der Waals surface area contributed by atoms with Crippen molar-refractivity contribution in [3.63, 3.8) is 0 Å². The Kier molecular flexibility index (Phi) is 9.19. The number of piperazine rings is 1. The summed E-state index contributed by atoms with van der Waals surface area (Å²) in [6.45, 7) is 11.3. The second kappa shape index (κ2) is 13.7. The zero-order chi connectivity index (χ0) is 34.2. The number of imide groups is 2. The Labute approximate surface area is 287 Å². The van der Waals surface area contributed by atoms with Crippen molar-refractivity contribution in [1.29, 1.82) is 0 Å². The van der Waals surface area contributed by atoms with E-state index in [1.807, 2.05) is 55.6 Å². The molecular weight excluding hydrogens is 616 g/mol. The van der Waals surface area contributed by atoms with Gasteiger partial charge in [-0.1, -0.05) is 36.4 Å². The highest BCUT2D eigenvalue weighted by atomic mass is 16.2. The molecule has 7 rings (SSSR count). The Bertz CT molecular complexity index is 1900. The standard InChI is InChI=1S/C39H44N6O4/c1-26(2)42-19-21-43(22-20-42)29-24-28-10-6-13-32-35(28)33(25-29)39(49)45(38(32)48)23-18-41(3)16-7-14-40-15-17-44-36(46)30-11-4-8-27-9-5-12-31(34(27)30)37(44)47/h4-6,8-13,24-26,40H,7,14-23H2,1-3H3. The van der Waals surface area contributed by atoms with Gasteiger partial charge in [-0.15, -0.1) is 0 Å². The van der Waals surface area contributed by atoms with E-state index >= 15 is 0 Å². The summed E-state index contributed by atoms with van der Waals surface area (Å²) in [5.41, 5.74) is 3.36. The smallest absolute Gasteiger partial charge is 0.261 e. The van der Waals surface area contributed by atoms with Crippen LogP contribution in [0, 0.1) is 0 Å². The molecule has 4 aromatic rings. The van der Waals surface area contributed by atoms with Crippen molar-refractivity contribution in [1.82, 2.24) is 24.9 Å². The normalized spacial score (nSPS) is 16.7. The van der Waals surface area contributed by atoms with Gasteiger partial charge in [0.15, 0.2) is 0 Å². The fourth-order valence-electron chi connectivity index (χ4n) is 7.48. The first-order valence-corrected chi connectivity index (χ1v) is 17.4. The summed E-state index contributed by atoms with van der Waals surface area (Å²) in [5.74, 6) is -0.973. The Morgan fingerprint density at radius 2 is 1.20 bits per heavy atom. The molecule has 10 nitrogen and oxygen atoms in total. The van der Waals surface area contributed by atoms with Gasteiger partial charge in [-0.3, -0.25) is 33.9 Å². The topological polar surface area (TPSA) is 96.5 Å². The van der Waals surface area contributed by atoms with Crippen molar-refractivity contribution >= 4 is 50.9 Å². The molecule has 49 heavy (non-hydrogen) atoms. The maximum absolute atomic E-state index is 13.8. The highest BCUT2D eigenvalue weighted by molar-refractivity contribution is 6.26. The number of benzene rings is 4. The number of anilines is 1. The van der Waals surface area contributed by atoms with E-state index in [9.17, 15) is 19.2 Å². The molecule has 3 aliphatic rings. The van der Waals surface area contributed by atoms with Crippen LogP contribution in [0.3, 0.4) is 0 Å². The van der Waals surface area contributed by atoms with Gasteiger partial charge < -0.3 is 15.1 Å². The summed E-state index contributed by atoms with van der Waals surface area (Å²) in [6, 6.07) is 21.5. The van der Waals surface area contributed by atoms with Crippen LogP contribution in [-0.4, -0.2) is 122 Å². The van der Waals surface area contributed by atoms with E-state index in [1.54, 1.807) is 12.1 Å². The molecule has 10 heteroatoms. The second-order valence-corrected chi connectivity index (χ2v) is 13.7. The lowest BCUT2D eigenvalue weighted by molar-refractivity contribution is 0.0589. The van der Waals surface area contributed by atoms with Gasteiger partial charge in [0.1, 0.15) is 0 Å². The molecule has 1 N–H and O–H groups in total. The van der Waals surface area contributed by atoms with Crippen LogP contribution in [0.1, 0.15) is 61.7 Å². The summed E-state index contributed by atoms with van der Waals surface area (Å²) in [4.78, 5) is 63.3. The molecule has 0 aliphatic carbocycles. The van der Waals surface area contributed by atoms with Crippen LogP contribution in [0.25, 0.3) is 21.5 Å². The molecular formula is C39H44N6O4. The van der Waals surface area contributed by atoms with Gasteiger partial charge in [0.2, 0.25) is 0 Å². The molecule has 0 atom stereocenters. The molecule has 0 unspecified atom stereocenters. The third kappa shape index (κ3) is 6.20. The van der Waals surface area contributed by atoms with Crippen LogP contribution < -0.4 is 10.2 Å². The van der Waals surface area contributed by atoms with Gasteiger partial charge in [0.25, 0.3) is 23.6 Å². The largest absolute Gasteiger partial charge is 0.369 e. The maximum Gasteiger partial charge on any atom is 0.261 e. The van der Waals surface area contributed by atoms with Gasteiger partial charge in [0.05, 0.1) is 5.56 Å². The van der Waals surface area contributed by atoms with Crippen LogP contribution >= 0.6 is 0 Å². The minimum Gasteiger partial charge on any atom is -0.369 e. The molecule has 3 aliphatic heterocycles. The van der Waals surface area contributed by atoms with E-state index in [4.69, 9.17) is 0 Å². The average molecular weight is 661 g/mol. The molecule has 0 radical (unpaired) electrons. The number of nitrogens with one attached hydrogen (secondary N) is 1. The van der Waals surface area contributed by atoms with Gasteiger partial charge >= 0.3 is 0 Å². The Morgan fingerprint density at radius 1 is 0.653 bits per heavy atom. The highest BCUT2D eigenvalue weighted by Gasteiger charge is 2.34. The lowest BCUT2D eigenvalue weighted by atomic mass is 9.93. The van der Waals surface area contributed by atoms with Crippen molar-refractivity contribution in [2.24, 2.45) is 0 Å². The zero-order valence-electron chi connectivity index (χ0n) is 28.6. The number of hydrogen-bond donors (Lipinski definition) is 1. The molecule has 1 fully saturated rings. The van der Waals surface area contributed by atoms with Crippen LogP contribution in [0.2, 0.25) is 0 Å². The summed E-state index contributed by atoms with van der Waals surface area (Å²) in [5, 5.41) is 6.68. The van der Waals surface area contributed by atoms with E-state index in [2.05, 4.69) is 39.9 Å². The van der Waals surface area contributed by atoms with Crippen molar-refractivity contribution in [2.45, 2.75) is 26.3 Å². The second-order valence-electron chi connectivity index (χ2n) is 13.7. The number of nitrogens with zero attached hydrogens (tertiary/aromatic N) is 5. The average Bonchev–Trinajstić information content (AvgIpc) is 3.11. The van der Waals surface area contributed by atoms with Crippen molar-refractivity contribution in [3.05, 3.63) is 89.0 Å². The van der Waals surface area contributed by atoms with E-state index in [-0.39, 0.29) is 23.6 Å². The summed E-state index contributed by atoms with van der Waals surface area (Å²) >= 11 is 0. The molecule has 4 aromatic carbocycles. The molecule has 0 bridgehead atoms. The van der Waals surface area contributed by atoms with E-state index in [0.717, 1.165) is 66.4 Å². The van der Waals surface area contributed by atoms with Gasteiger partial charge in [0, 0.05) is 91.6 Å². The number of amides is 4. The minimum atomic E-state index is -0.253. The predicted octanol–water partition coefficient (Wildman–Crippen LogP) is 4.33. The number of likely N-dealkylation sites (N-methyl/N-ethyl adjacent to an activating group) is 1. The third-order valence-electron chi connectivity index (χ3n) is 10.3. The minimum absolute atomic E-state index is 0.230. The van der Waals surface area contributed by atoms with Crippen LogP contribution in [0.4, 0.5) is 5.69 Å². The van der Waals surface area contributed by atoms with E-state index in [0.29, 0.717) is 61.0 Å². The Balaban J connectivity index is 0.905. The van der Waals surface area contributed by atoms with Crippen molar-refractivity contribution in [3.8, 4) is 0 Å². The number of carbonyl (C=O) groups excluding carboxylic acids is 4. The summed E-state index contributed by atoms with van der Waals surface area (Å²) in [7, 11) is 1.99. The monoisotopic (exact) mass is 660 g/mol. The molecule has 254 valence electrons. The van der Waals surface area contributed by atoms with Gasteiger partial charge in [-0.25, -0.2) is 0 Å². The molecule has 0 saturated carbocycles. The van der Waals surface area contributed by atoms with Crippen molar-refractivity contribution < 1.29 is 19.2 Å². The van der Waals surface area contributed by atoms with Gasteiger partial charge in [-0.2, -0.15) is 0 Å². The van der Waals surface area contributed by atoms with Crippen molar-refractivity contribution in [2.75, 3.05) is 77.4 Å². The predicted molar refractivity (Wildman–Crippen MR) is 193 cm³/mol. The highest BCUT2D eigenvalue weighted by Crippen LogP contribution is 2.34. The summed E-state index contributed by atoms with van der Waals surface area (Å²) in [6.07, 6.45) is 0.831. The lowest BCUT2D eigenvalue weighted by Crippen LogP contribution is -2.49. The first-order valence-electron chi connectivity index (χ1n) is 17.4. The molecule has 0 aromatic heterocycles. The zero-order valence-corrected chi connectivity index (χ0v) is 28.6. The van der Waals surface area contributed by atoms with E-state index < -0.39 is 0 Å². The van der Waals surface area contributed by atoms with Crippen LogP contribution in [0.15, 0.2) is 66.7 Å². The Hall–Kier alpha value is -4.64. The first kappa shape index (κ1) is 32.9. The third-order valence-corrected chi connectivity index (χ3v) is 10.3. The SMILES string of the molecule is CC(C)N1CCN(c2cc3c4c(cccc4c2)C(=O)N(CCN(C)CCCNCCN2C(=O)c4cccc5cccc(c45)C2=O)C3=O)CC1. The van der Waals surface area contributed by atoms with Crippen LogP contribution in [-0.2, 0) is 0 Å². The number of hydrogen-bond acceptors (Lipinski definition) is 8. The molecule has 3 heterocycles.